The third-order valence-corrected chi connectivity index (χ3v) is 6.61. The molecule has 0 heterocycles. The molecule has 1 N–H and O–H groups in total. The highest BCUT2D eigenvalue weighted by Crippen LogP contribution is 2.19. The van der Waals surface area contributed by atoms with E-state index < -0.39 is 6.04 Å². The number of benzene rings is 2. The molecule has 0 radical (unpaired) electrons. The molecule has 2 aromatic carbocycles. The van der Waals surface area contributed by atoms with E-state index in [1.165, 1.54) is 11.1 Å². The number of nitrogens with zero attached hydrogens (tertiary/aromatic N) is 1. The summed E-state index contributed by atoms with van der Waals surface area (Å²) < 4.78 is 0.957. The summed E-state index contributed by atoms with van der Waals surface area (Å²) in [5.74, 6) is 0.969. The lowest BCUT2D eigenvalue weighted by molar-refractivity contribution is -0.138. The van der Waals surface area contributed by atoms with Crippen molar-refractivity contribution in [3.8, 4) is 0 Å². The number of nitrogens with one attached hydrogen (secondary N) is 1. The van der Waals surface area contributed by atoms with Crippen LogP contribution >= 0.6 is 27.7 Å². The molecular formula is C24H31BrN2O2S. The van der Waals surface area contributed by atoms with Crippen LogP contribution in [0.5, 0.6) is 0 Å². The van der Waals surface area contributed by atoms with Crippen LogP contribution < -0.4 is 5.32 Å². The number of hydrogen-bond donors (Lipinski definition) is 1. The van der Waals surface area contributed by atoms with Crippen LogP contribution in [0.25, 0.3) is 0 Å². The Morgan fingerprint density at radius 3 is 2.53 bits per heavy atom. The summed E-state index contributed by atoms with van der Waals surface area (Å²) in [7, 11) is 0. The fraction of sp³-hybridized carbons (Fsp3) is 0.417. The molecule has 162 valence electrons. The highest BCUT2D eigenvalue weighted by Gasteiger charge is 2.26. The fourth-order valence-electron chi connectivity index (χ4n) is 2.98. The predicted octanol–water partition coefficient (Wildman–Crippen LogP) is 5.32. The molecule has 2 atom stereocenters. The van der Waals surface area contributed by atoms with Crippen LogP contribution in [0.4, 0.5) is 0 Å². The third kappa shape index (κ3) is 7.47. The molecule has 0 fully saturated rings. The standard InChI is InChI=1S/C24H31BrN2O2S/c1-5-18(3)26-24(29)19(4)27(14-20-10-8-12-22(25)13-20)23(28)16-30-15-21-11-7-6-9-17(21)2/h6-13,18-19H,5,14-16H2,1-4H3,(H,26,29)/t18-,19+/m0/s1. The number of aryl methyl sites for hydroxylation is 1. The van der Waals surface area contributed by atoms with Crippen molar-refractivity contribution in [3.63, 3.8) is 0 Å². The third-order valence-electron chi connectivity index (χ3n) is 5.15. The average molecular weight is 491 g/mol. The quantitative estimate of drug-likeness (QED) is 0.489. The first-order valence-corrected chi connectivity index (χ1v) is 12.2. The van der Waals surface area contributed by atoms with Crippen LogP contribution in [0.1, 0.15) is 43.9 Å². The highest BCUT2D eigenvalue weighted by atomic mass is 79.9. The molecule has 2 rings (SSSR count). The van der Waals surface area contributed by atoms with Gasteiger partial charge in [0.25, 0.3) is 0 Å². The Labute approximate surface area is 192 Å². The summed E-state index contributed by atoms with van der Waals surface area (Å²) in [6.07, 6.45) is 0.852. The molecule has 0 saturated heterocycles. The van der Waals surface area contributed by atoms with Crippen LogP contribution in [0.3, 0.4) is 0 Å². The number of carbonyl (C=O) groups is 2. The van der Waals surface area contributed by atoms with Crippen molar-refractivity contribution in [3.05, 3.63) is 69.7 Å². The van der Waals surface area contributed by atoms with Gasteiger partial charge in [-0.05, 0) is 56.0 Å². The van der Waals surface area contributed by atoms with Gasteiger partial charge in [-0.3, -0.25) is 9.59 Å². The summed E-state index contributed by atoms with van der Waals surface area (Å²) in [4.78, 5) is 27.5. The monoisotopic (exact) mass is 490 g/mol. The second kappa shape index (κ2) is 12.2. The minimum atomic E-state index is -0.537. The van der Waals surface area contributed by atoms with Gasteiger partial charge in [0.15, 0.2) is 0 Å². The molecule has 0 unspecified atom stereocenters. The van der Waals surface area contributed by atoms with Gasteiger partial charge < -0.3 is 10.2 Å². The van der Waals surface area contributed by atoms with Gasteiger partial charge in [0, 0.05) is 22.8 Å². The maximum Gasteiger partial charge on any atom is 0.242 e. The first-order valence-electron chi connectivity index (χ1n) is 10.3. The molecule has 2 aromatic rings. The fourth-order valence-corrected chi connectivity index (χ4v) is 4.42. The Morgan fingerprint density at radius 1 is 1.13 bits per heavy atom. The molecule has 2 amide bonds. The molecule has 0 aliphatic rings. The van der Waals surface area contributed by atoms with Gasteiger partial charge in [-0.15, -0.1) is 11.8 Å². The molecule has 0 bridgehead atoms. The lowest BCUT2D eigenvalue weighted by atomic mass is 10.1. The number of hydrogen-bond acceptors (Lipinski definition) is 3. The van der Waals surface area contributed by atoms with Crippen LogP contribution in [-0.4, -0.2) is 34.6 Å². The van der Waals surface area contributed by atoms with Crippen LogP contribution in [0.2, 0.25) is 0 Å². The van der Waals surface area contributed by atoms with E-state index in [4.69, 9.17) is 0 Å². The van der Waals surface area contributed by atoms with Crippen molar-refractivity contribution in [2.24, 2.45) is 0 Å². The molecule has 4 nitrogen and oxygen atoms in total. The second-order valence-electron chi connectivity index (χ2n) is 7.56. The average Bonchev–Trinajstić information content (AvgIpc) is 2.72. The van der Waals surface area contributed by atoms with Crippen molar-refractivity contribution in [2.45, 2.75) is 58.5 Å². The van der Waals surface area contributed by atoms with Gasteiger partial charge in [0.2, 0.25) is 11.8 Å². The largest absolute Gasteiger partial charge is 0.352 e. The maximum atomic E-state index is 13.1. The zero-order valence-electron chi connectivity index (χ0n) is 18.2. The lowest BCUT2D eigenvalue weighted by Crippen LogP contribution is -2.50. The molecule has 0 saturated carbocycles. The SMILES string of the molecule is CC[C@H](C)NC(=O)[C@@H](C)N(Cc1cccc(Br)c1)C(=O)CSCc1ccccc1C. The van der Waals surface area contributed by atoms with E-state index in [0.717, 1.165) is 22.2 Å². The van der Waals surface area contributed by atoms with Crippen LogP contribution in [0, 0.1) is 6.92 Å². The van der Waals surface area contributed by atoms with Crippen molar-refractivity contribution in [2.75, 3.05) is 5.75 Å². The number of amides is 2. The lowest BCUT2D eigenvalue weighted by Gasteiger charge is -2.29. The number of carbonyl (C=O) groups excluding carboxylic acids is 2. The summed E-state index contributed by atoms with van der Waals surface area (Å²) >= 11 is 5.07. The Kier molecular flexibility index (Phi) is 9.92. The summed E-state index contributed by atoms with van der Waals surface area (Å²) in [5.41, 5.74) is 3.45. The van der Waals surface area contributed by atoms with E-state index in [0.29, 0.717) is 12.3 Å². The Morgan fingerprint density at radius 2 is 1.87 bits per heavy atom. The molecular weight excluding hydrogens is 460 g/mol. The number of thioether (sulfide) groups is 1. The minimum Gasteiger partial charge on any atom is -0.352 e. The summed E-state index contributed by atoms with van der Waals surface area (Å²) in [5, 5.41) is 3.00. The minimum absolute atomic E-state index is 0.0274. The van der Waals surface area contributed by atoms with Gasteiger partial charge in [0.05, 0.1) is 5.75 Å². The molecule has 0 aliphatic carbocycles. The smallest absolute Gasteiger partial charge is 0.242 e. The molecule has 30 heavy (non-hydrogen) atoms. The van der Waals surface area contributed by atoms with E-state index >= 15 is 0 Å². The normalized spacial score (nSPS) is 12.8. The van der Waals surface area contributed by atoms with Crippen LogP contribution in [-0.2, 0) is 21.9 Å². The van der Waals surface area contributed by atoms with Crippen molar-refractivity contribution in [1.82, 2.24) is 10.2 Å². The Bertz CT molecular complexity index is 859. The zero-order valence-corrected chi connectivity index (χ0v) is 20.6. The van der Waals surface area contributed by atoms with E-state index in [2.05, 4.69) is 40.3 Å². The van der Waals surface area contributed by atoms with E-state index in [9.17, 15) is 9.59 Å². The maximum absolute atomic E-state index is 13.1. The topological polar surface area (TPSA) is 49.4 Å². The zero-order chi connectivity index (χ0) is 22.1. The predicted molar refractivity (Wildman–Crippen MR) is 129 cm³/mol. The van der Waals surface area contributed by atoms with Gasteiger partial charge in [-0.1, -0.05) is 59.3 Å². The summed E-state index contributed by atoms with van der Waals surface area (Å²) in [6, 6.07) is 15.6. The van der Waals surface area contributed by atoms with Crippen molar-refractivity contribution < 1.29 is 9.59 Å². The van der Waals surface area contributed by atoms with Gasteiger partial charge in [0.1, 0.15) is 6.04 Å². The number of rotatable bonds is 10. The second-order valence-corrected chi connectivity index (χ2v) is 9.47. The summed E-state index contributed by atoms with van der Waals surface area (Å²) in [6.45, 7) is 8.29. The Balaban J connectivity index is 2.09. The first kappa shape index (κ1) is 24.5. The first-order chi connectivity index (χ1) is 14.3. The highest BCUT2D eigenvalue weighted by molar-refractivity contribution is 9.10. The van der Waals surface area contributed by atoms with Crippen LogP contribution in [0.15, 0.2) is 53.0 Å². The van der Waals surface area contributed by atoms with Gasteiger partial charge in [-0.2, -0.15) is 0 Å². The molecule has 6 heteroatoms. The van der Waals surface area contributed by atoms with Crippen molar-refractivity contribution in [1.29, 1.82) is 0 Å². The van der Waals surface area contributed by atoms with E-state index in [1.807, 2.05) is 50.2 Å². The molecule has 0 aliphatic heterocycles. The van der Waals surface area contributed by atoms with E-state index in [1.54, 1.807) is 23.6 Å². The Hall–Kier alpha value is -1.79. The molecule has 0 spiro atoms. The van der Waals surface area contributed by atoms with Gasteiger partial charge >= 0.3 is 0 Å². The number of halogens is 1. The molecule has 0 aromatic heterocycles. The van der Waals surface area contributed by atoms with E-state index in [-0.39, 0.29) is 17.9 Å². The van der Waals surface area contributed by atoms with Gasteiger partial charge in [-0.25, -0.2) is 0 Å². The van der Waals surface area contributed by atoms with Crippen molar-refractivity contribution >= 4 is 39.5 Å².